The van der Waals surface area contributed by atoms with Gasteiger partial charge in [0.25, 0.3) is 0 Å². The number of hydrogen-bond acceptors (Lipinski definition) is 19. The van der Waals surface area contributed by atoms with Gasteiger partial charge in [-0.05, 0) is 68.2 Å². The Morgan fingerprint density at radius 1 is 0.521 bits per heavy atom. The van der Waals surface area contributed by atoms with Crippen molar-refractivity contribution < 1.29 is 77.3 Å². The average Bonchev–Trinajstić information content (AvgIpc) is 1.12. The minimum atomic E-state index is -1.58. The number of ketones is 1. The number of H-pyrrole nitrogens is 2. The molecule has 32 nitrogen and oxygen atoms in total. The minimum Gasteiger partial charge on any atom is -0.508 e. The highest BCUT2D eigenvalue weighted by Crippen LogP contribution is 2.40. The van der Waals surface area contributed by atoms with Crippen molar-refractivity contribution in [2.45, 2.75) is 139 Å². The van der Waals surface area contributed by atoms with E-state index in [9.17, 15) is 77.3 Å². The summed E-state index contributed by atoms with van der Waals surface area (Å²) in [6, 6.07) is 6.16. The topological polar surface area (TPSA) is 481 Å². The second kappa shape index (κ2) is 41.1. The number of phenolic OH excluding ortho intramolecular Hbond substituents is 1. The molecule has 12 amide bonds. The lowest BCUT2D eigenvalue weighted by molar-refractivity contribution is -0.138. The maximum absolute atomic E-state index is 14.5. The molecule has 1 saturated heterocycles. The number of unbranched alkanes of at least 4 members (excludes halogenated alkanes) is 1. The van der Waals surface area contributed by atoms with Gasteiger partial charge in [-0.15, -0.1) is 0 Å². The van der Waals surface area contributed by atoms with E-state index in [1.165, 1.54) is 44.1 Å². The molecule has 96 heavy (non-hydrogen) atoms. The van der Waals surface area contributed by atoms with Gasteiger partial charge in [-0.2, -0.15) is 0 Å². The van der Waals surface area contributed by atoms with Gasteiger partial charge in [0.15, 0.2) is 5.78 Å². The number of hydrogen-bond donors (Lipinski definition) is 16. The number of imidazole rings is 2. The summed E-state index contributed by atoms with van der Waals surface area (Å²) in [6.45, 7) is 1.13. The van der Waals surface area contributed by atoms with Crippen molar-refractivity contribution in [3.63, 3.8) is 0 Å². The largest absolute Gasteiger partial charge is 0.508 e. The summed E-state index contributed by atoms with van der Waals surface area (Å²) in [5.74, 6) is -10.8. The molecule has 0 radical (unpaired) electrons. The molecule has 0 spiro atoms. The molecule has 16 N–H and O–H groups in total. The van der Waals surface area contributed by atoms with E-state index in [1.807, 2.05) is 21.6 Å². The van der Waals surface area contributed by atoms with Crippen LogP contribution in [0.5, 0.6) is 5.75 Å². The third-order valence-electron chi connectivity index (χ3n) is 15.0. The summed E-state index contributed by atoms with van der Waals surface area (Å²) in [7, 11) is 3.73. The average molecular weight is 1370 g/mol. The maximum atomic E-state index is 14.5. The van der Waals surface area contributed by atoms with Crippen LogP contribution in [-0.2, 0) is 92.8 Å². The van der Waals surface area contributed by atoms with Gasteiger partial charge in [-0.3, -0.25) is 67.1 Å². The number of carboxylic acid groups (broad SMARTS) is 1. The van der Waals surface area contributed by atoms with Crippen molar-refractivity contribution in [3.05, 3.63) is 102 Å². The summed E-state index contributed by atoms with van der Waals surface area (Å²) in [5, 5.41) is 49.5. The third-order valence-corrected chi connectivity index (χ3v) is 18.0. The van der Waals surface area contributed by atoms with E-state index < -0.39 is 164 Å². The van der Waals surface area contributed by atoms with E-state index in [0.717, 1.165) is 25.0 Å². The maximum Gasteiger partial charge on any atom is 0.303 e. The molecule has 520 valence electrons. The number of benzene rings is 2. The molecule has 34 heteroatoms. The van der Waals surface area contributed by atoms with E-state index >= 15 is 0 Å². The molecule has 0 aliphatic carbocycles. The van der Waals surface area contributed by atoms with E-state index in [1.54, 1.807) is 56.3 Å². The predicted octanol–water partition coefficient (Wildman–Crippen LogP) is -2.07. The SMILES string of the molecule is CCC(C)C(NC(=O)C(Cc1cnc[nH]1)NC(=O)CNC(=O)C(Cc1ccccc1)NC(=O)CNC(=O)CNC(=O)CNC(=O)CNC(=O)CCCCC1CCSS1)C(=O)NC(Cc1cnc[nH]1)C(=O)NC(CCC(=O)O)C(=O)NCC(=O)NC(Cc1ccc(O)cc1)C(C)=O. The number of phenols is 1. The van der Waals surface area contributed by atoms with Gasteiger partial charge in [0.1, 0.15) is 36.0 Å². The van der Waals surface area contributed by atoms with Gasteiger partial charge in [-0.1, -0.05) is 90.7 Å². The lowest BCUT2D eigenvalue weighted by atomic mass is 9.96. The highest BCUT2D eigenvalue weighted by atomic mass is 33.1. The number of carboxylic acids is 1. The zero-order valence-electron chi connectivity index (χ0n) is 53.4. The fourth-order valence-corrected chi connectivity index (χ4v) is 12.5. The summed E-state index contributed by atoms with van der Waals surface area (Å²) >= 11 is 0. The van der Waals surface area contributed by atoms with Gasteiger partial charge in [0.05, 0.1) is 58.0 Å². The molecule has 1 aliphatic heterocycles. The number of rotatable bonds is 42. The first-order chi connectivity index (χ1) is 45.9. The quantitative estimate of drug-likeness (QED) is 0.0167. The van der Waals surface area contributed by atoms with Gasteiger partial charge in [0, 0.05) is 66.9 Å². The summed E-state index contributed by atoms with van der Waals surface area (Å²) in [5.41, 5.74) is 1.91. The van der Waals surface area contributed by atoms with Crippen molar-refractivity contribution in [1.29, 1.82) is 0 Å². The Balaban J connectivity index is 1.16. The molecule has 3 heterocycles. The molecule has 2 aromatic heterocycles. The highest BCUT2D eigenvalue weighted by molar-refractivity contribution is 8.77. The first kappa shape index (κ1) is 76.8. The van der Waals surface area contributed by atoms with Crippen LogP contribution < -0.4 is 63.8 Å². The van der Waals surface area contributed by atoms with Crippen molar-refractivity contribution in [1.82, 2.24) is 83.7 Å². The van der Waals surface area contributed by atoms with Crippen LogP contribution in [0.2, 0.25) is 0 Å². The van der Waals surface area contributed by atoms with E-state index in [-0.39, 0.29) is 56.7 Å². The van der Waals surface area contributed by atoms with Crippen molar-refractivity contribution in [2.24, 2.45) is 5.92 Å². The molecule has 8 atom stereocenters. The molecule has 1 fully saturated rings. The molecular formula is C62H84N16O16S2. The lowest BCUT2D eigenvalue weighted by Gasteiger charge is -2.29. The van der Waals surface area contributed by atoms with Crippen molar-refractivity contribution >= 4 is 104 Å². The Hall–Kier alpha value is -9.86. The zero-order chi connectivity index (χ0) is 69.9. The van der Waals surface area contributed by atoms with Gasteiger partial charge < -0.3 is 84.0 Å². The monoisotopic (exact) mass is 1370 g/mol. The van der Waals surface area contributed by atoms with E-state index in [0.29, 0.717) is 34.2 Å². The first-order valence-electron chi connectivity index (χ1n) is 31.1. The Morgan fingerprint density at radius 2 is 0.990 bits per heavy atom. The smallest absolute Gasteiger partial charge is 0.303 e. The van der Waals surface area contributed by atoms with Crippen LogP contribution >= 0.6 is 21.6 Å². The van der Waals surface area contributed by atoms with Crippen molar-refractivity contribution in [2.75, 3.05) is 45.0 Å². The Morgan fingerprint density at radius 3 is 1.50 bits per heavy atom. The van der Waals surface area contributed by atoms with Crippen LogP contribution in [0.3, 0.4) is 0 Å². The van der Waals surface area contributed by atoms with Crippen LogP contribution in [0, 0.1) is 5.92 Å². The first-order valence-corrected chi connectivity index (χ1v) is 33.5. The normalized spacial score (nSPS) is 14.6. The number of amides is 12. The number of aliphatic carboxylic acids is 1. The Labute approximate surface area is 561 Å². The molecule has 8 unspecified atom stereocenters. The molecule has 2 aromatic carbocycles. The fourth-order valence-electron chi connectivity index (χ4n) is 9.43. The molecule has 0 saturated carbocycles. The molecular weight excluding hydrogens is 1290 g/mol. The van der Waals surface area contributed by atoms with Gasteiger partial charge in [-0.25, -0.2) is 9.97 Å². The van der Waals surface area contributed by atoms with E-state index in [2.05, 4.69) is 83.7 Å². The second-order valence-corrected chi connectivity index (χ2v) is 25.4. The van der Waals surface area contributed by atoms with Crippen LogP contribution in [0.15, 0.2) is 79.6 Å². The number of Topliss-reactive ketones (excluding diaryl/α,β-unsaturated/α-hetero) is 1. The highest BCUT2D eigenvalue weighted by Gasteiger charge is 2.35. The molecule has 5 rings (SSSR count). The standard InChI is InChI=1S/C62H84N16O16S2/c1-4-36(2)57(62(94)77-48(25-41-27-64-35-72-41)60(92)76-44(18-19-56(88)89)58(90)69-32-54(86)73-45(37(3)79)22-39-14-16-42(80)17-15-39)78-61(93)47(24-40-26-63-34-71-40)75-55(87)33-70-59(91)46(23-38-10-6-5-7-11-38)74-53(85)31-68-52(84)30-67-51(83)29-66-50(82)28-65-49(81)13-9-8-12-43-20-21-95-96-43/h5-7,10-11,14-17,26-27,34-36,43-48,57,80H,4,8-9,12-13,18-25,28-33H2,1-3H3,(H,63,71)(H,64,72)(H,65,81)(H,66,82)(H,67,83)(H,68,84)(H,69,90)(H,70,91)(H,73,86)(H,74,85)(H,75,87)(H,76,92)(H,77,94)(H,78,93)(H,88,89). The summed E-state index contributed by atoms with van der Waals surface area (Å²) in [6.07, 6.45) is 8.13. The number of nitrogens with zero attached hydrogens (tertiary/aromatic N) is 2. The second-order valence-electron chi connectivity index (χ2n) is 22.6. The van der Waals surface area contributed by atoms with Gasteiger partial charge in [0.2, 0.25) is 70.9 Å². The number of carbonyl (C=O) groups excluding carboxylic acids is 13. The van der Waals surface area contributed by atoms with Crippen molar-refractivity contribution in [3.8, 4) is 5.75 Å². The van der Waals surface area contributed by atoms with Crippen LogP contribution in [0.4, 0.5) is 0 Å². The fraction of sp³-hybridized carbons (Fsp3) is 0.484. The van der Waals surface area contributed by atoms with Crippen LogP contribution in [0.1, 0.15) is 94.7 Å². The zero-order valence-corrected chi connectivity index (χ0v) is 55.0. The number of aromatic hydroxyl groups is 1. The molecule has 1 aliphatic rings. The third kappa shape index (κ3) is 29.2. The lowest BCUT2D eigenvalue weighted by Crippen LogP contribution is -2.60. The molecule has 4 aromatic rings. The van der Waals surface area contributed by atoms with Crippen LogP contribution in [-0.4, -0.2) is 199 Å². The Bertz CT molecular complexity index is 3270. The number of nitrogens with one attached hydrogen (secondary N) is 14. The predicted molar refractivity (Wildman–Crippen MR) is 350 cm³/mol. The number of carbonyl (C=O) groups is 14. The number of aromatic nitrogens is 4. The summed E-state index contributed by atoms with van der Waals surface area (Å²) in [4.78, 5) is 198. The Kier molecular flexibility index (Phi) is 32.9. The van der Waals surface area contributed by atoms with Gasteiger partial charge >= 0.3 is 5.97 Å². The van der Waals surface area contributed by atoms with Crippen LogP contribution in [0.25, 0.3) is 0 Å². The summed E-state index contributed by atoms with van der Waals surface area (Å²) < 4.78 is 0. The molecule has 0 bridgehead atoms. The minimum absolute atomic E-state index is 0.00604. The van der Waals surface area contributed by atoms with E-state index in [4.69, 9.17) is 0 Å². The number of aromatic amines is 2.